The molecule has 1 aliphatic rings. The second-order valence-electron chi connectivity index (χ2n) is 3.90. The Morgan fingerprint density at radius 2 is 2.47 bits per heavy atom. The van der Waals surface area contributed by atoms with Crippen molar-refractivity contribution in [1.29, 1.82) is 0 Å². The minimum atomic E-state index is -0.421. The van der Waals surface area contributed by atoms with Crippen LogP contribution in [0.2, 0.25) is 0 Å². The number of aliphatic hydroxyl groups is 1. The Balaban J connectivity index is 2.35. The van der Waals surface area contributed by atoms with E-state index in [4.69, 9.17) is 4.74 Å². The molecule has 1 N–H and O–H groups in total. The number of β-amino-alcohol motifs (C(OH)–C–C–N with tert-alkyl or cyclic N) is 1. The van der Waals surface area contributed by atoms with Gasteiger partial charge in [-0.05, 0) is 28.4 Å². The van der Waals surface area contributed by atoms with Gasteiger partial charge in [0.1, 0.15) is 11.4 Å². The number of halogens is 1. The van der Waals surface area contributed by atoms with Crippen LogP contribution < -0.4 is 4.90 Å². The Bertz CT molecular complexity index is 439. The third-order valence-electron chi connectivity index (χ3n) is 2.70. The van der Waals surface area contributed by atoms with Crippen molar-refractivity contribution in [2.24, 2.45) is 0 Å². The summed E-state index contributed by atoms with van der Waals surface area (Å²) in [5.74, 6) is 0.145. The van der Waals surface area contributed by atoms with Crippen molar-refractivity contribution in [1.82, 2.24) is 4.98 Å². The number of carbonyl (C=O) groups excluding carboxylic acids is 1. The molecule has 1 atom stereocenters. The van der Waals surface area contributed by atoms with Gasteiger partial charge in [-0.1, -0.05) is 0 Å². The van der Waals surface area contributed by atoms with Crippen LogP contribution in [0.3, 0.4) is 0 Å². The van der Waals surface area contributed by atoms with Gasteiger partial charge in [-0.3, -0.25) is 0 Å². The fraction of sp³-hybridized carbons (Fsp3) is 0.455. The summed E-state index contributed by atoms with van der Waals surface area (Å²) in [5, 5.41) is 9.51. The minimum absolute atomic E-state index is 0.356. The predicted octanol–water partition coefficient (Wildman–Crippen LogP) is 1.20. The largest absolute Gasteiger partial charge is 0.465 e. The quantitative estimate of drug-likeness (QED) is 0.832. The Morgan fingerprint density at radius 3 is 3.06 bits per heavy atom. The first kappa shape index (κ1) is 12.3. The third kappa shape index (κ3) is 2.58. The third-order valence-corrected chi connectivity index (χ3v) is 3.14. The molecule has 6 heteroatoms. The molecule has 17 heavy (non-hydrogen) atoms. The van der Waals surface area contributed by atoms with Gasteiger partial charge in [-0.15, -0.1) is 0 Å². The second kappa shape index (κ2) is 5.01. The maximum Gasteiger partial charge on any atom is 0.341 e. The molecule has 0 aromatic carbocycles. The number of hydrogen-bond donors (Lipinski definition) is 1. The van der Waals surface area contributed by atoms with Crippen molar-refractivity contribution in [3.63, 3.8) is 0 Å². The first-order valence-electron chi connectivity index (χ1n) is 5.28. The fourth-order valence-corrected chi connectivity index (χ4v) is 2.21. The van der Waals surface area contributed by atoms with E-state index < -0.39 is 5.97 Å². The van der Waals surface area contributed by atoms with E-state index >= 15 is 0 Å². The van der Waals surface area contributed by atoms with E-state index in [1.807, 2.05) is 4.90 Å². The zero-order valence-corrected chi connectivity index (χ0v) is 11.0. The number of aliphatic hydroxyl groups excluding tert-OH is 1. The van der Waals surface area contributed by atoms with Crippen LogP contribution in [0.4, 0.5) is 5.82 Å². The highest BCUT2D eigenvalue weighted by atomic mass is 79.9. The molecule has 2 heterocycles. The molecule has 92 valence electrons. The average molecular weight is 301 g/mol. The van der Waals surface area contributed by atoms with Crippen molar-refractivity contribution >= 4 is 27.7 Å². The van der Waals surface area contributed by atoms with Gasteiger partial charge in [0.15, 0.2) is 0 Å². The van der Waals surface area contributed by atoms with Gasteiger partial charge in [0.05, 0.1) is 13.2 Å². The molecule has 0 amide bonds. The number of ether oxygens (including phenoxy) is 1. The number of esters is 1. The number of anilines is 1. The molecule has 2 rings (SSSR count). The zero-order chi connectivity index (χ0) is 12.4. The normalized spacial score (nSPS) is 19.5. The minimum Gasteiger partial charge on any atom is -0.465 e. The monoisotopic (exact) mass is 300 g/mol. The van der Waals surface area contributed by atoms with Gasteiger partial charge in [0.2, 0.25) is 0 Å². The molecule has 1 aromatic rings. The molecule has 1 unspecified atom stereocenters. The van der Waals surface area contributed by atoms with E-state index in [2.05, 4.69) is 20.9 Å². The van der Waals surface area contributed by atoms with Crippen molar-refractivity contribution in [2.45, 2.75) is 12.5 Å². The second-order valence-corrected chi connectivity index (χ2v) is 4.82. The first-order valence-corrected chi connectivity index (χ1v) is 6.08. The van der Waals surface area contributed by atoms with E-state index in [9.17, 15) is 9.90 Å². The predicted molar refractivity (Wildman–Crippen MR) is 66.1 cm³/mol. The first-order chi connectivity index (χ1) is 8.11. The van der Waals surface area contributed by atoms with Crippen LogP contribution in [0.1, 0.15) is 16.8 Å². The molecule has 0 radical (unpaired) electrons. The van der Waals surface area contributed by atoms with E-state index in [1.54, 1.807) is 12.3 Å². The Labute approximate surface area is 108 Å². The molecule has 0 aliphatic carbocycles. The highest BCUT2D eigenvalue weighted by Crippen LogP contribution is 2.25. The van der Waals surface area contributed by atoms with Gasteiger partial charge in [0, 0.05) is 23.8 Å². The highest BCUT2D eigenvalue weighted by Gasteiger charge is 2.25. The SMILES string of the molecule is COC(=O)c1cc(Br)cnc1N1CCC(O)C1. The molecule has 0 bridgehead atoms. The van der Waals surface area contributed by atoms with Crippen LogP contribution in [0, 0.1) is 0 Å². The van der Waals surface area contributed by atoms with Crippen LogP contribution in [0.5, 0.6) is 0 Å². The molecule has 5 nitrogen and oxygen atoms in total. The molecule has 0 spiro atoms. The van der Waals surface area contributed by atoms with Crippen molar-refractivity contribution in [2.75, 3.05) is 25.1 Å². The van der Waals surface area contributed by atoms with E-state index in [0.29, 0.717) is 30.9 Å². The Morgan fingerprint density at radius 1 is 1.71 bits per heavy atom. The lowest BCUT2D eigenvalue weighted by Crippen LogP contribution is -2.24. The van der Waals surface area contributed by atoms with Crippen molar-refractivity contribution < 1.29 is 14.6 Å². The van der Waals surface area contributed by atoms with Crippen LogP contribution >= 0.6 is 15.9 Å². The molecule has 0 saturated carbocycles. The van der Waals surface area contributed by atoms with Crippen molar-refractivity contribution in [3.8, 4) is 0 Å². The number of nitrogens with zero attached hydrogens (tertiary/aromatic N) is 2. The number of hydrogen-bond acceptors (Lipinski definition) is 5. The van der Waals surface area contributed by atoms with Crippen LogP contribution in [-0.2, 0) is 4.74 Å². The lowest BCUT2D eigenvalue weighted by Gasteiger charge is -2.19. The summed E-state index contributed by atoms with van der Waals surface area (Å²) < 4.78 is 5.45. The maximum atomic E-state index is 11.7. The maximum absolute atomic E-state index is 11.7. The summed E-state index contributed by atoms with van der Waals surface area (Å²) in [6.07, 6.45) is 1.97. The average Bonchev–Trinajstić information content (AvgIpc) is 2.74. The van der Waals surface area contributed by atoms with E-state index in [1.165, 1.54) is 7.11 Å². The van der Waals surface area contributed by atoms with Gasteiger partial charge >= 0.3 is 5.97 Å². The van der Waals surface area contributed by atoms with Crippen LogP contribution in [0.15, 0.2) is 16.7 Å². The lowest BCUT2D eigenvalue weighted by molar-refractivity contribution is 0.0601. The number of aromatic nitrogens is 1. The molecule has 1 aromatic heterocycles. The van der Waals surface area contributed by atoms with Crippen LogP contribution in [0.25, 0.3) is 0 Å². The molecule has 1 saturated heterocycles. The molecular formula is C11H13BrN2O3. The van der Waals surface area contributed by atoms with Gasteiger partial charge in [0.25, 0.3) is 0 Å². The molecule has 1 aliphatic heterocycles. The Kier molecular flexibility index (Phi) is 3.63. The summed E-state index contributed by atoms with van der Waals surface area (Å²) >= 11 is 3.28. The number of carbonyl (C=O) groups is 1. The summed E-state index contributed by atoms with van der Waals surface area (Å²) in [7, 11) is 1.34. The standard InChI is InChI=1S/C11H13BrN2O3/c1-17-11(16)9-4-7(12)5-13-10(9)14-3-2-8(15)6-14/h4-5,8,15H,2-3,6H2,1H3. The van der Waals surface area contributed by atoms with Crippen molar-refractivity contribution in [3.05, 3.63) is 22.3 Å². The lowest BCUT2D eigenvalue weighted by atomic mass is 10.2. The Hall–Kier alpha value is -1.14. The van der Waals surface area contributed by atoms with E-state index in [-0.39, 0.29) is 6.10 Å². The van der Waals surface area contributed by atoms with Gasteiger partial charge in [-0.25, -0.2) is 9.78 Å². The van der Waals surface area contributed by atoms with Gasteiger partial charge < -0.3 is 14.7 Å². The van der Waals surface area contributed by atoms with Crippen LogP contribution in [-0.4, -0.2) is 42.4 Å². The summed E-state index contributed by atoms with van der Waals surface area (Å²) in [5.41, 5.74) is 0.413. The summed E-state index contributed by atoms with van der Waals surface area (Å²) in [6, 6.07) is 1.68. The number of methoxy groups -OCH3 is 1. The zero-order valence-electron chi connectivity index (χ0n) is 9.39. The highest BCUT2D eigenvalue weighted by molar-refractivity contribution is 9.10. The smallest absolute Gasteiger partial charge is 0.341 e. The molecular weight excluding hydrogens is 288 g/mol. The fourth-order valence-electron chi connectivity index (χ4n) is 1.88. The molecule has 1 fully saturated rings. The summed E-state index contributed by atoms with van der Waals surface area (Å²) in [4.78, 5) is 17.8. The number of rotatable bonds is 2. The van der Waals surface area contributed by atoms with Gasteiger partial charge in [-0.2, -0.15) is 0 Å². The van der Waals surface area contributed by atoms with E-state index in [0.717, 1.165) is 4.47 Å². The topological polar surface area (TPSA) is 62.7 Å². The summed E-state index contributed by atoms with van der Waals surface area (Å²) in [6.45, 7) is 1.19. The number of pyridine rings is 1.